The molecule has 2 aliphatic rings. The number of methoxy groups -OCH3 is 6. The molecule has 0 saturated heterocycles. The van der Waals surface area contributed by atoms with E-state index in [0.717, 1.165) is 87.1 Å². The molecule has 53 heteroatoms. The molecule has 2 fully saturated rings. The van der Waals surface area contributed by atoms with Crippen molar-refractivity contribution in [3.63, 3.8) is 0 Å². The standard InChI is InChI=1S/C18H19N3O3.C14H15N3O5.C14H17N3O3.C9H9BrN2O4.C9H10N2O4.C8H6FNO4.C6H10ClNO.C6H14O2.C5H6BNO.C4H10I.CH2Cl2.2ClH.Sn/c1-9-15(10(2)24-20-9)12-7-13(18(22)23-4)16-14(8-12)19-17(21(16)3)11-5-6-11;1-7-12(8(2)22-16-7)9-5-10(14(18)21-4)13(15-3)11(6-9)17(19)20;1-7-12(8(2)20-17-7)9-5-10(14(18)19-4)13(16-3)11(15)6-9;1-11-8-6(9(13)16-2)3-5(10)4-7(8)12(14)15;1-10-8-6(9(12)15-2)4-3-5-7(8)11(13)14;1-14-8(11)5-3-2-4-6(7(5)9)10(12)13;1-2-9-6(8-7)5-3-4-5;1-5(2,7)6(3,4)8;1-3-5(6)4(2)8-7-3;1-3-4-5-2;2-1-3;;;/h7-8,11H,5-6H2,1-4H3;5-6,15H,1-4H3;5-6,16H,15H2,1-4H3;3-4,11H,1-2H3;3-5,10H,1-2H3;2-4H,1H3;5H,2-4H2,1H3;7-8H,1-4H3;1-2H3;3-4H2,1-2H3;1H2;2*1H;/q;;;;;;;;;-1;;;;+2/p-1. The summed E-state index contributed by atoms with van der Waals surface area (Å²) in [6.07, 6.45) is 6.14. The third kappa shape index (κ3) is 38.5. The molecule has 800 valence electrons. The van der Waals surface area contributed by atoms with Crippen LogP contribution < -0.4 is 58.2 Å². The van der Waals surface area contributed by atoms with Gasteiger partial charge in [0.25, 0.3) is 22.9 Å². The molecule has 0 atom stereocenters. The predicted molar refractivity (Wildman–Crippen MR) is 560 cm³/mol. The third-order valence-corrected chi connectivity index (χ3v) is 23.7. The monoisotopic (exact) mass is 2430 g/mol. The number of aromatic nitrogens is 6. The Morgan fingerprint density at radius 1 is 0.558 bits per heavy atom. The molecule has 0 amide bonds. The average Bonchev–Trinajstić information content (AvgIpc) is 1.59. The third-order valence-electron chi connectivity index (χ3n) is 20.9. The number of H-pyrrole nitrogens is 1. The molecule has 9 N–H and O–H groups in total. The van der Waals surface area contributed by atoms with E-state index in [1.807, 2.05) is 54.7 Å². The van der Waals surface area contributed by atoms with Gasteiger partial charge in [-0.25, -0.2) is 38.3 Å². The summed E-state index contributed by atoms with van der Waals surface area (Å²) in [5, 5.41) is 87.7. The number of aryl methyl sites for hydroxylation is 9. The van der Waals surface area contributed by atoms with Gasteiger partial charge >= 0.3 is 122 Å². The quantitative estimate of drug-likeness (QED) is 0.00252. The van der Waals surface area contributed by atoms with Crippen LogP contribution in [0.4, 0.5) is 55.6 Å². The zero-order chi connectivity index (χ0) is 112. The van der Waals surface area contributed by atoms with Gasteiger partial charge in [0, 0.05) is 91.3 Å². The van der Waals surface area contributed by atoms with E-state index in [4.69, 9.17) is 114 Å². The molecular formula is C94H119BBrCl5FIN16O27Sn. The van der Waals surface area contributed by atoms with E-state index in [-0.39, 0.29) is 62.1 Å². The number of nitrogens with zero attached hydrogens (tertiary/aromatic N) is 10. The SMILES string of the molecule is CC(C)(O)C(C)(C)O.CCC[I-]C.CCOC(=NCl)C1CC1.CNc1c(C(=O)OC)cc(-c2c(C)noc2C)cc1[N+](=O)[O-].CNc1c(C(=O)OC)cc(Br)cc1[N+](=O)[O-].CNc1c(C(=O)OC)cccc1[N+](=O)[O-].CNc1c(N)cc(-c2c(C)noc2C)cc1C(=O)OC.COC(=O)c1cc(-c2c(C)noc2C)cc2[nH]c(C3CC3)[n+](C)c12.COC(=O)c1cccc([N+](=O)[O-])c1F.ClCCl.[B]c1c(C)noc1C.[Cl][Sn][Cl]. The van der Waals surface area contributed by atoms with Crippen molar-refractivity contribution in [2.24, 2.45) is 17.5 Å². The molecule has 2 aliphatic carbocycles. The second-order valence-corrected chi connectivity index (χ2v) is 40.3. The number of benzene rings is 6. The number of rotatable bonds is 23. The molecule has 147 heavy (non-hydrogen) atoms. The van der Waals surface area contributed by atoms with Crippen LogP contribution in [0, 0.1) is 108 Å². The molecular weight excluding hydrogens is 2320 g/mol. The number of para-hydroxylation sites is 1. The number of nitro groups is 4. The van der Waals surface area contributed by atoms with E-state index in [1.165, 1.54) is 142 Å². The van der Waals surface area contributed by atoms with Gasteiger partial charge in [0.05, 0.1) is 155 Å². The van der Waals surface area contributed by atoms with Crippen LogP contribution in [0.5, 0.6) is 0 Å². The fourth-order valence-electron chi connectivity index (χ4n) is 12.9. The molecule has 0 aliphatic heterocycles. The molecule has 43 nitrogen and oxygen atoms in total. The number of hydrogen-bond acceptors (Lipinski definition) is 37. The first-order valence-electron chi connectivity index (χ1n) is 43.7. The van der Waals surface area contributed by atoms with Crippen LogP contribution >= 0.6 is 68.8 Å². The maximum atomic E-state index is 13.2. The second-order valence-electron chi connectivity index (χ2n) is 31.5. The van der Waals surface area contributed by atoms with Gasteiger partial charge < -0.3 is 88.5 Å². The molecule has 2 saturated carbocycles. The summed E-state index contributed by atoms with van der Waals surface area (Å²) in [6.45, 7) is 25.6. The Morgan fingerprint density at radius 3 is 1.23 bits per heavy atom. The average molecular weight is 2440 g/mol. The Kier molecular flexibility index (Phi) is 57.2. The number of nitrogens with one attached hydrogen (secondary N) is 5. The number of esters is 6. The number of anilines is 5. The van der Waals surface area contributed by atoms with E-state index in [0.29, 0.717) is 106 Å². The number of carbonyl (C=O) groups is 6. The Bertz CT molecular complexity index is 6260. The molecule has 6 aromatic carbocycles. The molecule has 0 unspecified atom stereocenters. The number of nitro benzene ring substituents is 4. The zero-order valence-corrected chi connectivity index (χ0v) is 96.0. The predicted octanol–water partition coefficient (Wildman–Crippen LogP) is 16.3. The van der Waals surface area contributed by atoms with Crippen molar-refractivity contribution in [1.82, 2.24) is 25.6 Å². The van der Waals surface area contributed by atoms with Gasteiger partial charge in [-0.05, 0) is 186 Å². The minimum atomic E-state index is -1.18. The van der Waals surface area contributed by atoms with Crippen LogP contribution in [0.15, 0.2) is 112 Å². The Hall–Kier alpha value is -12.1. The van der Waals surface area contributed by atoms with E-state index >= 15 is 0 Å². The summed E-state index contributed by atoms with van der Waals surface area (Å²) >= 11 is 17.7. The molecule has 5 aromatic heterocycles. The van der Waals surface area contributed by atoms with Crippen molar-refractivity contribution < 1.29 is 140 Å². The fourth-order valence-corrected chi connectivity index (χ4v) is 14.6. The number of aromatic amines is 1. The molecule has 11 aromatic rings. The van der Waals surface area contributed by atoms with Gasteiger partial charge in [0.1, 0.15) is 59.1 Å². The number of aliphatic hydroxyl groups is 2. The van der Waals surface area contributed by atoms with Crippen molar-refractivity contribution >= 4 is 205 Å². The van der Waals surface area contributed by atoms with Crippen LogP contribution in [-0.2, 0) is 40.2 Å². The number of carbonyl (C=O) groups excluding carboxylic acids is 6. The first-order chi connectivity index (χ1) is 69.2. The number of ether oxygens (including phenoxy) is 7. The summed E-state index contributed by atoms with van der Waals surface area (Å²) in [5.41, 5.74) is 14.8. The molecule has 4 radical (unpaired) electrons. The summed E-state index contributed by atoms with van der Waals surface area (Å²) in [5.74, 6) is 0.773. The number of fused-ring (bicyclic) bond motifs is 1. The minimum absolute atomic E-state index is 0.0780. The summed E-state index contributed by atoms with van der Waals surface area (Å²) < 4.78 is 73.9. The summed E-state index contributed by atoms with van der Waals surface area (Å²) in [4.78, 5) is 116. The normalized spacial score (nSPS) is 11.3. The first-order valence-corrected chi connectivity index (χ1v) is 56.8. The van der Waals surface area contributed by atoms with Crippen molar-refractivity contribution in [2.45, 2.75) is 146 Å². The van der Waals surface area contributed by atoms with Crippen molar-refractivity contribution in [2.75, 3.05) is 119 Å². The van der Waals surface area contributed by atoms with Crippen molar-refractivity contribution in [3.05, 3.63) is 221 Å². The topological polar surface area (TPSA) is 590 Å². The molecule has 5 heterocycles. The van der Waals surface area contributed by atoms with Crippen LogP contribution in [-0.4, -0.2) is 227 Å². The van der Waals surface area contributed by atoms with Crippen LogP contribution in [0.1, 0.15) is 193 Å². The number of imidazole rings is 1. The number of nitrogen functional groups attached to an aromatic ring is 1. The summed E-state index contributed by atoms with van der Waals surface area (Å²) in [6, 6.07) is 20.6. The van der Waals surface area contributed by atoms with Crippen LogP contribution in [0.3, 0.4) is 0 Å². The van der Waals surface area contributed by atoms with Crippen molar-refractivity contribution in [1.29, 1.82) is 0 Å². The fraction of sp³-hybridized carbons (Fsp3) is 0.404. The van der Waals surface area contributed by atoms with E-state index in [2.05, 4.69) is 104 Å². The van der Waals surface area contributed by atoms with Crippen molar-refractivity contribution in [3.8, 4) is 33.4 Å². The molecule has 0 bridgehead atoms. The Balaban J connectivity index is 0.000000562. The summed E-state index contributed by atoms with van der Waals surface area (Å²) in [7, 11) is 31.0. The number of nitrogens with two attached hydrogens (primary N) is 1. The van der Waals surface area contributed by atoms with Gasteiger partial charge in [-0.3, -0.25) is 40.5 Å². The van der Waals surface area contributed by atoms with Crippen LogP contribution in [0.25, 0.3) is 44.4 Å². The first kappa shape index (κ1) is 131. The number of alkyl halides is 4. The number of hydrogen-bond donors (Lipinski definition) is 8. The van der Waals surface area contributed by atoms with Gasteiger partial charge in [0.2, 0.25) is 11.7 Å². The van der Waals surface area contributed by atoms with Gasteiger partial charge in [0.15, 0.2) is 11.0 Å². The second kappa shape index (κ2) is 64.2. The Morgan fingerprint density at radius 2 is 0.905 bits per heavy atom. The zero-order valence-electron chi connectivity index (χ0n) is 85.6. The van der Waals surface area contributed by atoms with E-state index in [1.54, 1.807) is 67.6 Å². The Labute approximate surface area is 900 Å². The van der Waals surface area contributed by atoms with Gasteiger partial charge in [-0.15, -0.1) is 27.7 Å². The van der Waals surface area contributed by atoms with Crippen LogP contribution in [0.2, 0.25) is 0 Å². The van der Waals surface area contributed by atoms with E-state index in [9.17, 15) is 73.6 Å². The van der Waals surface area contributed by atoms with Gasteiger partial charge in [-0.2, -0.15) is 4.39 Å². The maximum absolute atomic E-state index is 13.2. The number of halogens is 8. The molecule has 0 spiro atoms. The van der Waals surface area contributed by atoms with E-state index < -0.39 is 96.7 Å². The van der Waals surface area contributed by atoms with Gasteiger partial charge in [-0.1, -0.05) is 48.7 Å². The molecule has 13 rings (SSSR count).